The van der Waals surface area contributed by atoms with Gasteiger partial charge in [0.2, 0.25) is 0 Å². The first-order valence-electron chi connectivity index (χ1n) is 6.21. The summed E-state index contributed by atoms with van der Waals surface area (Å²) in [5, 5.41) is 3.90. The van der Waals surface area contributed by atoms with Gasteiger partial charge < -0.3 is 9.47 Å². The van der Waals surface area contributed by atoms with E-state index in [2.05, 4.69) is 15.5 Å². The number of pyridine rings is 1. The molecule has 0 aliphatic rings. The molecule has 0 bridgehead atoms. The Morgan fingerprint density at radius 2 is 2.10 bits per heavy atom. The van der Waals surface area contributed by atoms with Crippen LogP contribution in [0.15, 0.2) is 47.7 Å². The molecule has 0 aliphatic heterocycles. The molecule has 0 saturated carbocycles. The number of carbonyl (C=O) groups is 1. The lowest BCUT2D eigenvalue weighted by atomic mass is 10.2. The van der Waals surface area contributed by atoms with Crippen LogP contribution in [0.2, 0.25) is 0 Å². The van der Waals surface area contributed by atoms with E-state index < -0.39 is 0 Å². The Balaban J connectivity index is 2.09. The number of nitrogens with one attached hydrogen (secondary N) is 1. The Morgan fingerprint density at radius 3 is 2.76 bits per heavy atom. The quantitative estimate of drug-likeness (QED) is 0.672. The zero-order valence-electron chi connectivity index (χ0n) is 11.7. The van der Waals surface area contributed by atoms with Gasteiger partial charge in [-0.05, 0) is 30.3 Å². The Kier molecular flexibility index (Phi) is 4.87. The molecule has 21 heavy (non-hydrogen) atoms. The fraction of sp³-hybridized carbons (Fsp3) is 0.133. The van der Waals surface area contributed by atoms with E-state index in [4.69, 9.17) is 9.47 Å². The first kappa shape index (κ1) is 14.5. The average Bonchev–Trinajstić information content (AvgIpc) is 2.55. The van der Waals surface area contributed by atoms with Gasteiger partial charge in [0, 0.05) is 11.8 Å². The van der Waals surface area contributed by atoms with Crippen LogP contribution in [0.25, 0.3) is 0 Å². The van der Waals surface area contributed by atoms with Gasteiger partial charge in [0.15, 0.2) is 0 Å². The van der Waals surface area contributed by atoms with Gasteiger partial charge in [-0.25, -0.2) is 5.43 Å². The molecular weight excluding hydrogens is 270 g/mol. The second-order valence-corrected chi connectivity index (χ2v) is 4.02. The Bertz CT molecular complexity index is 642. The molecular formula is C15H15N3O3. The molecule has 0 aliphatic carbocycles. The predicted octanol–water partition coefficient (Wildman–Crippen LogP) is 1.86. The number of hydrogen-bond acceptors (Lipinski definition) is 5. The van der Waals surface area contributed by atoms with Crippen molar-refractivity contribution < 1.29 is 14.3 Å². The summed E-state index contributed by atoms with van der Waals surface area (Å²) in [5.41, 5.74) is 3.40. The molecule has 0 fully saturated rings. The minimum Gasteiger partial charge on any atom is -0.497 e. The number of hydrogen-bond donors (Lipinski definition) is 1. The smallest absolute Gasteiger partial charge is 0.289 e. The zero-order valence-corrected chi connectivity index (χ0v) is 11.7. The van der Waals surface area contributed by atoms with Crippen molar-refractivity contribution in [2.24, 2.45) is 5.10 Å². The van der Waals surface area contributed by atoms with Crippen LogP contribution in [-0.2, 0) is 0 Å². The summed E-state index contributed by atoms with van der Waals surface area (Å²) in [7, 11) is 3.14. The van der Waals surface area contributed by atoms with Crippen molar-refractivity contribution in [3.63, 3.8) is 0 Å². The van der Waals surface area contributed by atoms with Gasteiger partial charge in [-0.1, -0.05) is 6.07 Å². The molecule has 6 nitrogen and oxygen atoms in total. The number of carbonyl (C=O) groups excluding carboxylic acids is 1. The van der Waals surface area contributed by atoms with Crippen molar-refractivity contribution in [2.75, 3.05) is 14.2 Å². The number of benzene rings is 1. The van der Waals surface area contributed by atoms with E-state index in [0.717, 1.165) is 0 Å². The molecule has 1 aromatic heterocycles. The molecule has 0 saturated heterocycles. The lowest BCUT2D eigenvalue weighted by molar-refractivity contribution is 0.0950. The fourth-order valence-electron chi connectivity index (χ4n) is 1.66. The third kappa shape index (κ3) is 3.79. The van der Waals surface area contributed by atoms with E-state index in [9.17, 15) is 4.79 Å². The average molecular weight is 285 g/mol. The number of hydrazone groups is 1. The van der Waals surface area contributed by atoms with Gasteiger partial charge in [0.1, 0.15) is 17.2 Å². The number of aromatic nitrogens is 1. The summed E-state index contributed by atoms with van der Waals surface area (Å²) in [6, 6.07) is 10.4. The highest BCUT2D eigenvalue weighted by molar-refractivity contribution is 5.93. The van der Waals surface area contributed by atoms with Crippen LogP contribution in [0, 0.1) is 0 Å². The van der Waals surface area contributed by atoms with Gasteiger partial charge in [-0.15, -0.1) is 0 Å². The molecule has 2 rings (SSSR count). The van der Waals surface area contributed by atoms with E-state index >= 15 is 0 Å². The summed E-state index contributed by atoms with van der Waals surface area (Å²) in [5.74, 6) is 0.925. The number of nitrogens with zero attached hydrogens (tertiary/aromatic N) is 2. The number of amides is 1. The first-order chi connectivity index (χ1) is 10.2. The Labute approximate surface area is 122 Å². The van der Waals surface area contributed by atoms with E-state index in [1.165, 1.54) is 6.21 Å². The van der Waals surface area contributed by atoms with Gasteiger partial charge in [-0.3, -0.25) is 9.78 Å². The van der Waals surface area contributed by atoms with E-state index in [1.807, 2.05) is 0 Å². The van der Waals surface area contributed by atoms with E-state index in [0.29, 0.717) is 22.8 Å². The topological polar surface area (TPSA) is 72.8 Å². The zero-order chi connectivity index (χ0) is 15.1. The summed E-state index contributed by atoms with van der Waals surface area (Å²) >= 11 is 0. The van der Waals surface area contributed by atoms with Crippen molar-refractivity contribution in [3.8, 4) is 11.5 Å². The van der Waals surface area contributed by atoms with Gasteiger partial charge in [-0.2, -0.15) is 5.10 Å². The standard InChI is InChI=1S/C15H15N3O3/c1-20-12-6-7-14(21-2)11(9-12)10-17-18-15(19)13-5-3-4-8-16-13/h3-10H,1-2H3,(H,18,19)/b17-10+. The Morgan fingerprint density at radius 1 is 1.24 bits per heavy atom. The van der Waals surface area contributed by atoms with Gasteiger partial charge in [0.05, 0.1) is 20.4 Å². The second kappa shape index (κ2) is 7.04. The number of ether oxygens (including phenoxy) is 2. The van der Waals surface area contributed by atoms with Crippen LogP contribution >= 0.6 is 0 Å². The lowest BCUT2D eigenvalue weighted by Crippen LogP contribution is -2.18. The number of rotatable bonds is 5. The molecule has 0 radical (unpaired) electrons. The molecule has 2 aromatic rings. The molecule has 108 valence electrons. The van der Waals surface area contributed by atoms with E-state index in [-0.39, 0.29) is 5.91 Å². The predicted molar refractivity (Wildman–Crippen MR) is 78.8 cm³/mol. The molecule has 0 atom stereocenters. The summed E-state index contributed by atoms with van der Waals surface area (Å²) < 4.78 is 10.4. The molecule has 0 spiro atoms. The van der Waals surface area contributed by atoms with E-state index in [1.54, 1.807) is 56.8 Å². The van der Waals surface area contributed by atoms with Crippen LogP contribution in [0.1, 0.15) is 16.1 Å². The van der Waals surface area contributed by atoms with Crippen LogP contribution in [0.5, 0.6) is 11.5 Å². The summed E-state index contributed by atoms with van der Waals surface area (Å²) in [4.78, 5) is 15.7. The van der Waals surface area contributed by atoms with Crippen molar-refractivity contribution in [1.82, 2.24) is 10.4 Å². The molecule has 6 heteroatoms. The highest BCUT2D eigenvalue weighted by atomic mass is 16.5. The maximum atomic E-state index is 11.8. The van der Waals surface area contributed by atoms with Gasteiger partial charge in [0.25, 0.3) is 5.91 Å². The SMILES string of the molecule is COc1ccc(OC)c(/C=N/NC(=O)c2ccccn2)c1. The van der Waals surface area contributed by atoms with Crippen LogP contribution in [-0.4, -0.2) is 31.3 Å². The maximum Gasteiger partial charge on any atom is 0.289 e. The summed E-state index contributed by atoms with van der Waals surface area (Å²) in [6.07, 6.45) is 3.03. The third-order valence-corrected chi connectivity index (χ3v) is 2.70. The van der Waals surface area contributed by atoms with Crippen molar-refractivity contribution in [2.45, 2.75) is 0 Å². The highest BCUT2D eigenvalue weighted by Gasteiger charge is 2.05. The van der Waals surface area contributed by atoms with Crippen LogP contribution in [0.3, 0.4) is 0 Å². The third-order valence-electron chi connectivity index (χ3n) is 2.70. The number of methoxy groups -OCH3 is 2. The molecule has 1 N–H and O–H groups in total. The van der Waals surface area contributed by atoms with Crippen molar-refractivity contribution in [1.29, 1.82) is 0 Å². The minimum absolute atomic E-state index is 0.298. The van der Waals surface area contributed by atoms with Crippen LogP contribution in [0.4, 0.5) is 0 Å². The monoisotopic (exact) mass is 285 g/mol. The molecule has 1 aromatic carbocycles. The normalized spacial score (nSPS) is 10.4. The largest absolute Gasteiger partial charge is 0.497 e. The maximum absolute atomic E-state index is 11.8. The second-order valence-electron chi connectivity index (χ2n) is 4.02. The summed E-state index contributed by atoms with van der Waals surface area (Å²) in [6.45, 7) is 0. The first-order valence-corrected chi connectivity index (χ1v) is 6.21. The van der Waals surface area contributed by atoms with Crippen molar-refractivity contribution >= 4 is 12.1 Å². The molecule has 1 heterocycles. The molecule has 1 amide bonds. The lowest BCUT2D eigenvalue weighted by Gasteiger charge is -2.06. The fourth-order valence-corrected chi connectivity index (χ4v) is 1.66. The highest BCUT2D eigenvalue weighted by Crippen LogP contribution is 2.22. The Hall–Kier alpha value is -2.89. The van der Waals surface area contributed by atoms with Crippen LogP contribution < -0.4 is 14.9 Å². The van der Waals surface area contributed by atoms with Crippen molar-refractivity contribution in [3.05, 3.63) is 53.9 Å². The van der Waals surface area contributed by atoms with Gasteiger partial charge >= 0.3 is 0 Å². The minimum atomic E-state index is -0.381. The molecule has 0 unspecified atom stereocenters.